The maximum atomic E-state index is 14.1. The number of nitrogens with one attached hydrogen (secondary N) is 4. The summed E-state index contributed by atoms with van der Waals surface area (Å²) in [6.45, 7) is 8.61. The molecule has 1 aromatic heterocycles. The molecule has 16 nitrogen and oxygen atoms in total. The van der Waals surface area contributed by atoms with E-state index in [0.29, 0.717) is 49.9 Å². The van der Waals surface area contributed by atoms with E-state index < -0.39 is 40.3 Å². The lowest BCUT2D eigenvalue weighted by Crippen LogP contribution is -2.55. The fourth-order valence-electron chi connectivity index (χ4n) is 11.2. The van der Waals surface area contributed by atoms with Crippen LogP contribution in [0.25, 0.3) is 33.3 Å². The minimum absolute atomic E-state index is 0.0861. The average molecular weight is 921 g/mol. The van der Waals surface area contributed by atoms with Crippen LogP contribution < -0.4 is 16.0 Å². The lowest BCUT2D eigenvalue weighted by molar-refractivity contribution is -0.135. The number of amides is 4. The molecule has 4 N–H and O–H groups in total. The number of alkyl carbamates (subject to hydrolysis) is 2. The van der Waals surface area contributed by atoms with E-state index in [1.54, 1.807) is 17.0 Å². The molecule has 3 fully saturated rings. The molecule has 2 aliphatic carbocycles. The zero-order valence-electron chi connectivity index (χ0n) is 38.5. The molecule has 9 rings (SSSR count). The number of hydrogen-bond acceptors (Lipinski definition) is 10. The molecule has 7 atom stereocenters. The van der Waals surface area contributed by atoms with Crippen LogP contribution >= 0.6 is 0 Å². The zero-order valence-corrected chi connectivity index (χ0v) is 39.3. The Morgan fingerprint density at radius 3 is 2.17 bits per heavy atom. The molecule has 350 valence electrons. The number of nitrogens with zero attached hydrogens (tertiary/aromatic N) is 4. The van der Waals surface area contributed by atoms with Gasteiger partial charge >= 0.3 is 12.2 Å². The Kier molecular flexibility index (Phi) is 12.3. The fraction of sp³-hybridized carbons (Fsp3) is 0.510. The van der Waals surface area contributed by atoms with Crippen molar-refractivity contribution in [3.63, 3.8) is 0 Å². The predicted molar refractivity (Wildman–Crippen MR) is 250 cm³/mol. The van der Waals surface area contributed by atoms with Gasteiger partial charge in [0.05, 0.1) is 43.0 Å². The van der Waals surface area contributed by atoms with Crippen LogP contribution in [-0.4, -0.2) is 103 Å². The predicted octanol–water partition coefficient (Wildman–Crippen LogP) is 7.66. The van der Waals surface area contributed by atoms with Crippen LogP contribution in [0.15, 0.2) is 57.8 Å². The van der Waals surface area contributed by atoms with E-state index in [1.807, 2.05) is 44.7 Å². The lowest BCUT2D eigenvalue weighted by atomic mass is 9.86. The van der Waals surface area contributed by atoms with E-state index in [1.165, 1.54) is 25.3 Å². The first-order valence-corrected chi connectivity index (χ1v) is 24.9. The number of H-pyrrole nitrogens is 1. The number of amidine groups is 1. The van der Waals surface area contributed by atoms with Crippen molar-refractivity contribution in [2.75, 3.05) is 32.6 Å². The van der Waals surface area contributed by atoms with Crippen molar-refractivity contribution in [2.45, 2.75) is 120 Å². The summed E-state index contributed by atoms with van der Waals surface area (Å²) in [5.74, 6) is 1.05. The standard InChI is InChI=1S/C49H60N8O8S/c1-7-27(4)43(54-49(61)65-6)47(59)57-22-10-14-39(57)45-51-36-20-16-30(25-40(36)66(62,63)55-45)31-17-18-33(41-32-12-8-11-28(32)23-34(31)41)29-15-19-35-37(24-29)52-44(50-35)38-13-9-21-56(38)46(58)42(26(2)3)53-48(60)64-5/h15-20,24-28,32,38-39,42-43H,7-14,21-23H2,1-6H3,(H,50,52)(H,51,55)(H,53,60)(H,54,61)/t27-,28?,32?,38-,39-,42-,43+/m0/s1. The second-order valence-electron chi connectivity index (χ2n) is 18.9. The van der Waals surface area contributed by atoms with Gasteiger partial charge in [0.25, 0.3) is 10.0 Å². The molecule has 1 saturated carbocycles. The van der Waals surface area contributed by atoms with Gasteiger partial charge in [0, 0.05) is 13.1 Å². The minimum Gasteiger partial charge on any atom is -0.453 e. The first-order chi connectivity index (χ1) is 31.7. The highest BCUT2D eigenvalue weighted by Gasteiger charge is 2.43. The molecule has 3 aromatic carbocycles. The van der Waals surface area contributed by atoms with Crippen molar-refractivity contribution < 1.29 is 37.1 Å². The topological polar surface area (TPSA) is 204 Å². The molecule has 0 bridgehead atoms. The number of rotatable bonds is 11. The molecule has 5 aliphatic rings. The van der Waals surface area contributed by atoms with Crippen molar-refractivity contribution in [1.29, 1.82) is 0 Å². The van der Waals surface area contributed by atoms with Crippen molar-refractivity contribution in [2.24, 2.45) is 22.2 Å². The summed E-state index contributed by atoms with van der Waals surface area (Å²) in [4.78, 5) is 64.2. The van der Waals surface area contributed by atoms with Gasteiger partial charge in [-0.05, 0) is 126 Å². The Balaban J connectivity index is 0.999. The summed E-state index contributed by atoms with van der Waals surface area (Å²) in [7, 11) is -1.61. The molecule has 2 unspecified atom stereocenters. The minimum atomic E-state index is -4.16. The van der Waals surface area contributed by atoms with Crippen LogP contribution in [0.1, 0.15) is 108 Å². The number of carbonyl (C=O) groups is 4. The van der Waals surface area contributed by atoms with E-state index >= 15 is 0 Å². The van der Waals surface area contributed by atoms with Gasteiger partial charge in [0.2, 0.25) is 11.8 Å². The monoisotopic (exact) mass is 920 g/mol. The Hall–Kier alpha value is -5.97. The van der Waals surface area contributed by atoms with Gasteiger partial charge in [0.15, 0.2) is 0 Å². The molecule has 2 saturated heterocycles. The Labute approximate surface area is 385 Å². The van der Waals surface area contributed by atoms with Crippen molar-refractivity contribution in [3.05, 3.63) is 65.5 Å². The van der Waals surface area contributed by atoms with Gasteiger partial charge in [-0.15, -0.1) is 4.40 Å². The maximum absolute atomic E-state index is 14.1. The molecule has 4 amide bonds. The Morgan fingerprint density at radius 2 is 1.45 bits per heavy atom. The Bertz CT molecular complexity index is 2730. The molecule has 4 aromatic rings. The van der Waals surface area contributed by atoms with Gasteiger partial charge in [-0.2, -0.15) is 8.42 Å². The summed E-state index contributed by atoms with van der Waals surface area (Å²) < 4.78 is 42.1. The number of anilines is 1. The highest BCUT2D eigenvalue weighted by molar-refractivity contribution is 7.90. The molecule has 66 heavy (non-hydrogen) atoms. The molecule has 3 aliphatic heterocycles. The van der Waals surface area contributed by atoms with Gasteiger partial charge in [-0.25, -0.2) is 14.6 Å². The summed E-state index contributed by atoms with van der Waals surface area (Å²) >= 11 is 0. The largest absolute Gasteiger partial charge is 0.453 e. The third kappa shape index (κ3) is 8.17. The summed E-state index contributed by atoms with van der Waals surface area (Å²) in [5, 5.41) is 8.70. The first-order valence-electron chi connectivity index (χ1n) is 23.4. The van der Waals surface area contributed by atoms with Crippen molar-refractivity contribution in [1.82, 2.24) is 30.4 Å². The number of carbonyl (C=O) groups excluding carboxylic acids is 4. The van der Waals surface area contributed by atoms with Gasteiger partial charge in [-0.3, -0.25) is 9.59 Å². The molecule has 4 heterocycles. The van der Waals surface area contributed by atoms with E-state index in [9.17, 15) is 27.6 Å². The first kappa shape index (κ1) is 45.2. The van der Waals surface area contributed by atoms with E-state index in [4.69, 9.17) is 14.5 Å². The van der Waals surface area contributed by atoms with Crippen LogP contribution in [0.4, 0.5) is 15.3 Å². The summed E-state index contributed by atoms with van der Waals surface area (Å²) in [6.07, 6.45) is 6.37. The quantitative estimate of drug-likeness (QED) is 0.116. The highest BCUT2D eigenvalue weighted by atomic mass is 32.2. The number of aromatic amines is 1. The summed E-state index contributed by atoms with van der Waals surface area (Å²) in [5.41, 5.74) is 8.68. The number of ether oxygens (including phenoxy) is 2. The van der Waals surface area contributed by atoms with Gasteiger partial charge in [0.1, 0.15) is 28.6 Å². The Morgan fingerprint density at radius 1 is 0.803 bits per heavy atom. The van der Waals surface area contributed by atoms with Gasteiger partial charge in [-0.1, -0.05) is 64.8 Å². The second kappa shape index (κ2) is 18.0. The third-order valence-electron chi connectivity index (χ3n) is 14.7. The number of aromatic nitrogens is 2. The van der Waals surface area contributed by atoms with Gasteiger partial charge < -0.3 is 40.2 Å². The third-order valence-corrected chi connectivity index (χ3v) is 16.1. The maximum Gasteiger partial charge on any atom is 0.407 e. The van der Waals surface area contributed by atoms with E-state index in [0.717, 1.165) is 77.6 Å². The SMILES string of the molecule is CC[C@H](C)[C@@H](NC(=O)OC)C(=O)N1CCC[C@H]1C1=NS(=O)(=O)c2cc(-c3ccc(-c4ccc5nc([C@@H]6CCCN6C(=O)[C@@H](NC(=O)OC)C(C)C)[nH]c5c4)c4c3CC3CCCC43)ccc2N1. The molecule has 17 heteroatoms. The molecular formula is C49H60N8O8S. The number of likely N-dealkylation sites (tertiary alicyclic amines) is 2. The van der Waals surface area contributed by atoms with E-state index in [2.05, 4.69) is 49.6 Å². The van der Waals surface area contributed by atoms with Crippen LogP contribution in [0.5, 0.6) is 0 Å². The number of methoxy groups -OCH3 is 2. The normalized spacial score (nSPS) is 23.0. The lowest BCUT2D eigenvalue weighted by Gasteiger charge is -2.33. The van der Waals surface area contributed by atoms with Crippen molar-refractivity contribution in [3.8, 4) is 22.3 Å². The molecule has 0 spiro atoms. The van der Waals surface area contributed by atoms with Crippen molar-refractivity contribution >= 4 is 56.6 Å². The highest BCUT2D eigenvalue weighted by Crippen LogP contribution is 2.54. The van der Waals surface area contributed by atoms with Crippen LogP contribution in [0.3, 0.4) is 0 Å². The number of benzene rings is 3. The van der Waals surface area contributed by atoms with Crippen LogP contribution in [-0.2, 0) is 35.5 Å². The number of sulfonamides is 1. The zero-order chi connectivity index (χ0) is 46.6. The summed E-state index contributed by atoms with van der Waals surface area (Å²) in [6, 6.07) is 13.7. The van der Waals surface area contributed by atoms with Crippen LogP contribution in [0, 0.1) is 17.8 Å². The second-order valence-corrected chi connectivity index (χ2v) is 20.5. The molecule has 0 radical (unpaired) electrons. The van der Waals surface area contributed by atoms with Crippen LogP contribution in [0.2, 0.25) is 0 Å². The number of imidazole rings is 1. The fourth-order valence-corrected chi connectivity index (χ4v) is 12.4. The van der Waals surface area contributed by atoms with E-state index in [-0.39, 0.29) is 40.4 Å². The smallest absolute Gasteiger partial charge is 0.407 e. The molecular weight excluding hydrogens is 861 g/mol. The number of fused-ring (bicyclic) bond motifs is 5. The number of hydrogen-bond donors (Lipinski definition) is 4. The average Bonchev–Trinajstić information content (AvgIpc) is 4.17.